The predicted octanol–water partition coefficient (Wildman–Crippen LogP) is 6.38. The lowest BCUT2D eigenvalue weighted by molar-refractivity contribution is -0.162. The molecule has 1 spiro atoms. The highest BCUT2D eigenvalue weighted by Gasteiger charge is 2.71. The maximum Gasteiger partial charge on any atom is 0.331 e. The van der Waals surface area contributed by atoms with Crippen molar-refractivity contribution < 1.29 is 33.6 Å². The van der Waals surface area contributed by atoms with Crippen LogP contribution < -0.4 is 4.74 Å². The van der Waals surface area contributed by atoms with Crippen LogP contribution in [0.3, 0.4) is 0 Å². The molecule has 3 fully saturated rings. The summed E-state index contributed by atoms with van der Waals surface area (Å²) in [4.78, 5) is 12.7. The molecule has 7 heteroatoms. The van der Waals surface area contributed by atoms with E-state index in [1.165, 1.54) is 11.6 Å². The number of ether oxygens (including phenoxy) is 5. The van der Waals surface area contributed by atoms with Crippen LogP contribution in [0.25, 0.3) is 6.08 Å². The van der Waals surface area contributed by atoms with Crippen LogP contribution in [0.4, 0.5) is 0 Å². The number of benzene rings is 2. The summed E-state index contributed by atoms with van der Waals surface area (Å²) in [7, 11) is 0. The highest BCUT2D eigenvalue weighted by Crippen LogP contribution is 2.59. The van der Waals surface area contributed by atoms with Crippen LogP contribution in [0.1, 0.15) is 65.0 Å². The van der Waals surface area contributed by atoms with Gasteiger partial charge in [0.2, 0.25) is 0 Å². The lowest BCUT2D eigenvalue weighted by Gasteiger charge is -2.40. The molecular weight excluding hydrogens is 520 g/mol. The fourth-order valence-corrected chi connectivity index (χ4v) is 5.87. The smallest absolute Gasteiger partial charge is 0.331 e. The Bertz CT molecular complexity index is 1250. The number of epoxide rings is 2. The Labute approximate surface area is 243 Å². The van der Waals surface area contributed by atoms with Crippen molar-refractivity contribution in [1.82, 2.24) is 0 Å². The van der Waals surface area contributed by atoms with Crippen molar-refractivity contribution in [2.75, 3.05) is 6.61 Å². The largest absolute Gasteiger partial charge is 0.457 e. The first-order chi connectivity index (χ1) is 19.6. The number of rotatable bonds is 11. The molecule has 5 rings (SSSR count). The Hall–Kier alpha value is -2.97. The fourth-order valence-electron chi connectivity index (χ4n) is 5.87. The molecule has 0 amide bonds. The van der Waals surface area contributed by atoms with Gasteiger partial charge in [0.1, 0.15) is 28.8 Å². The summed E-state index contributed by atoms with van der Waals surface area (Å²) in [6, 6.07) is 15.3. The van der Waals surface area contributed by atoms with Crippen LogP contribution in [0.2, 0.25) is 0 Å². The molecule has 220 valence electrons. The number of carbonyl (C=O) groups excluding carboxylic acids is 1. The van der Waals surface area contributed by atoms with Gasteiger partial charge in [-0.2, -0.15) is 0 Å². The van der Waals surface area contributed by atoms with E-state index in [0.717, 1.165) is 29.7 Å². The lowest BCUT2D eigenvalue weighted by atomic mass is 9.68. The monoisotopic (exact) mass is 562 g/mol. The van der Waals surface area contributed by atoms with Crippen molar-refractivity contribution >= 4 is 12.0 Å². The molecule has 0 radical (unpaired) electrons. The fraction of sp³-hybridized carbons (Fsp3) is 0.500. The van der Waals surface area contributed by atoms with Crippen LogP contribution in [0, 0.1) is 5.92 Å². The molecular formula is C34H42O7. The minimum absolute atomic E-state index is 0.0306. The van der Waals surface area contributed by atoms with Crippen molar-refractivity contribution in [2.45, 2.75) is 96.1 Å². The molecule has 6 atom stereocenters. The van der Waals surface area contributed by atoms with Crippen LogP contribution in [-0.4, -0.2) is 53.3 Å². The highest BCUT2D eigenvalue weighted by atomic mass is 16.6. The van der Waals surface area contributed by atoms with Crippen molar-refractivity contribution in [3.8, 4) is 11.5 Å². The topological polar surface area (TPSA) is 90.0 Å². The number of carbonyl (C=O) groups is 1. The first-order valence-electron chi connectivity index (χ1n) is 14.6. The molecule has 2 heterocycles. The second-order valence-electron chi connectivity index (χ2n) is 12.2. The van der Waals surface area contributed by atoms with Crippen LogP contribution in [-0.2, 0) is 30.3 Å². The second kappa shape index (κ2) is 12.1. The SMILES string of the molecule is CC(C)=CCC1OC1(C)[C@H]1[C@H](O)[C@H](OC(=O)/C=C/c2ccc(Oc3ccc(COC(C)C)cc3)cc2)CC[C@]12CO2. The zero-order valence-electron chi connectivity index (χ0n) is 24.7. The first kappa shape index (κ1) is 29.5. The molecule has 1 saturated carbocycles. The third kappa shape index (κ3) is 7.09. The summed E-state index contributed by atoms with van der Waals surface area (Å²) >= 11 is 0. The van der Waals surface area contributed by atoms with Gasteiger partial charge in [0, 0.05) is 6.08 Å². The zero-order chi connectivity index (χ0) is 29.2. The molecule has 1 aliphatic carbocycles. The molecule has 7 nitrogen and oxygen atoms in total. The van der Waals surface area contributed by atoms with Gasteiger partial charge in [-0.15, -0.1) is 0 Å². The lowest BCUT2D eigenvalue weighted by Crippen LogP contribution is -2.54. The summed E-state index contributed by atoms with van der Waals surface area (Å²) in [5, 5.41) is 11.3. The van der Waals surface area contributed by atoms with Gasteiger partial charge in [-0.25, -0.2) is 4.79 Å². The third-order valence-electron chi connectivity index (χ3n) is 8.29. The van der Waals surface area contributed by atoms with Crippen molar-refractivity contribution in [1.29, 1.82) is 0 Å². The van der Waals surface area contributed by atoms with E-state index >= 15 is 0 Å². The van der Waals surface area contributed by atoms with Gasteiger partial charge in [0.25, 0.3) is 0 Å². The number of esters is 1. The second-order valence-corrected chi connectivity index (χ2v) is 12.2. The highest BCUT2D eigenvalue weighted by molar-refractivity contribution is 5.87. The number of aliphatic hydroxyl groups is 1. The average Bonchev–Trinajstić information content (AvgIpc) is 3.85. The molecule has 2 saturated heterocycles. The standard InChI is InChI=1S/C34H42O7/c1-22(2)6-16-29-33(5,41-29)32-31(36)28(18-19-34(32)21-38-34)40-30(35)17-11-24-7-12-26(13-8-24)39-27-14-9-25(10-15-27)20-37-23(3)4/h6-15,17,23,28-29,31-32,36H,16,18-21H2,1-5H3/b17-11+/t28-,29?,31-,32-,33?,34+/m1/s1. The molecule has 41 heavy (non-hydrogen) atoms. The van der Waals surface area contributed by atoms with E-state index < -0.39 is 23.8 Å². The summed E-state index contributed by atoms with van der Waals surface area (Å²) in [6.07, 6.45) is 6.13. The van der Waals surface area contributed by atoms with Crippen molar-refractivity contribution in [3.63, 3.8) is 0 Å². The first-order valence-corrected chi connectivity index (χ1v) is 14.6. The molecule has 0 aromatic heterocycles. The maximum absolute atomic E-state index is 12.7. The normalized spacial score (nSPS) is 30.4. The molecule has 2 aromatic carbocycles. The van der Waals surface area contributed by atoms with Crippen molar-refractivity contribution in [3.05, 3.63) is 77.4 Å². The van der Waals surface area contributed by atoms with Gasteiger partial charge in [-0.1, -0.05) is 35.9 Å². The summed E-state index contributed by atoms with van der Waals surface area (Å²) < 4.78 is 29.3. The summed E-state index contributed by atoms with van der Waals surface area (Å²) in [5.74, 6) is 0.715. The van der Waals surface area contributed by atoms with E-state index in [1.807, 2.05) is 69.3 Å². The number of aliphatic hydroxyl groups excluding tert-OH is 1. The van der Waals surface area contributed by atoms with E-state index in [2.05, 4.69) is 19.9 Å². The zero-order valence-corrected chi connectivity index (χ0v) is 24.7. The van der Waals surface area contributed by atoms with E-state index in [9.17, 15) is 9.90 Å². The van der Waals surface area contributed by atoms with Gasteiger partial charge < -0.3 is 28.8 Å². The minimum Gasteiger partial charge on any atom is -0.457 e. The predicted molar refractivity (Wildman–Crippen MR) is 157 cm³/mol. The van der Waals surface area contributed by atoms with E-state index in [-0.39, 0.29) is 23.7 Å². The summed E-state index contributed by atoms with van der Waals surface area (Å²) in [6.45, 7) is 11.4. The number of hydrogen-bond donors (Lipinski definition) is 1. The maximum atomic E-state index is 12.7. The van der Waals surface area contributed by atoms with E-state index in [0.29, 0.717) is 25.4 Å². The molecule has 2 aromatic rings. The van der Waals surface area contributed by atoms with Gasteiger partial charge in [0.15, 0.2) is 0 Å². The van der Waals surface area contributed by atoms with Gasteiger partial charge in [-0.05, 0) is 95.3 Å². The molecule has 3 aliphatic rings. The van der Waals surface area contributed by atoms with Gasteiger partial charge in [0.05, 0.1) is 37.4 Å². The Kier molecular flexibility index (Phi) is 8.71. The number of allylic oxidation sites excluding steroid dienone is 1. The molecule has 2 unspecified atom stereocenters. The Morgan fingerprint density at radius 3 is 2.37 bits per heavy atom. The molecule has 2 aliphatic heterocycles. The Morgan fingerprint density at radius 2 is 1.76 bits per heavy atom. The van der Waals surface area contributed by atoms with Crippen LogP contribution >= 0.6 is 0 Å². The Morgan fingerprint density at radius 1 is 1.10 bits per heavy atom. The Balaban J connectivity index is 1.13. The third-order valence-corrected chi connectivity index (χ3v) is 8.29. The quantitative estimate of drug-likeness (QED) is 0.147. The molecule has 1 N–H and O–H groups in total. The average molecular weight is 563 g/mol. The van der Waals surface area contributed by atoms with Gasteiger partial charge in [-0.3, -0.25) is 0 Å². The van der Waals surface area contributed by atoms with E-state index in [1.54, 1.807) is 6.08 Å². The number of hydrogen-bond acceptors (Lipinski definition) is 7. The minimum atomic E-state index is -0.849. The van der Waals surface area contributed by atoms with E-state index in [4.69, 9.17) is 23.7 Å². The summed E-state index contributed by atoms with van der Waals surface area (Å²) in [5.41, 5.74) is 2.30. The molecule has 0 bridgehead atoms. The van der Waals surface area contributed by atoms with Crippen LogP contribution in [0.5, 0.6) is 11.5 Å². The van der Waals surface area contributed by atoms with Crippen molar-refractivity contribution in [2.24, 2.45) is 5.92 Å². The van der Waals surface area contributed by atoms with Crippen LogP contribution in [0.15, 0.2) is 66.3 Å². The van der Waals surface area contributed by atoms with Gasteiger partial charge >= 0.3 is 5.97 Å².